The Balaban J connectivity index is 1.58. The van der Waals surface area contributed by atoms with Crippen molar-refractivity contribution in [3.63, 3.8) is 0 Å². The molecular weight excluding hydrogens is 370 g/mol. The van der Waals surface area contributed by atoms with Crippen molar-refractivity contribution < 1.29 is 14.3 Å². The van der Waals surface area contributed by atoms with Crippen molar-refractivity contribution in [1.82, 2.24) is 0 Å². The molecule has 0 bridgehead atoms. The van der Waals surface area contributed by atoms with Crippen LogP contribution in [0, 0.1) is 0 Å². The number of aryl methyl sites for hydroxylation is 1. The van der Waals surface area contributed by atoms with E-state index in [9.17, 15) is 4.79 Å². The molecule has 5 heteroatoms. The van der Waals surface area contributed by atoms with Gasteiger partial charge in [-0.15, -0.1) is 0 Å². The summed E-state index contributed by atoms with van der Waals surface area (Å²) in [7, 11) is 3.66. The minimum absolute atomic E-state index is 0.191. The Labute approximate surface area is 171 Å². The molecule has 4 nitrogen and oxygen atoms in total. The number of nitrogens with zero attached hydrogens (tertiary/aromatic N) is 1. The van der Waals surface area contributed by atoms with Gasteiger partial charge in [0.25, 0.3) is 0 Å². The molecule has 0 aromatic heterocycles. The highest BCUT2D eigenvalue weighted by Gasteiger charge is 2.37. The lowest BCUT2D eigenvalue weighted by atomic mass is 9.84. The normalized spacial score (nSPS) is 24.9. The van der Waals surface area contributed by atoms with E-state index in [1.807, 2.05) is 7.05 Å². The van der Waals surface area contributed by atoms with E-state index in [0.29, 0.717) is 6.42 Å². The topological polar surface area (TPSA) is 38.8 Å². The van der Waals surface area contributed by atoms with Crippen LogP contribution in [0.3, 0.4) is 0 Å². The zero-order chi connectivity index (χ0) is 19.7. The maximum Gasteiger partial charge on any atom is 0.227 e. The Kier molecular flexibility index (Phi) is 5.50. The maximum absolute atomic E-state index is 11.9. The van der Waals surface area contributed by atoms with Gasteiger partial charge in [0.2, 0.25) is 5.91 Å². The second kappa shape index (κ2) is 7.90. The summed E-state index contributed by atoms with van der Waals surface area (Å²) in [4.78, 5) is 16.1. The predicted octanol–water partition coefficient (Wildman–Crippen LogP) is 4.79. The number of hydrogen-bond donors (Lipinski definition) is 0. The van der Waals surface area contributed by atoms with Gasteiger partial charge in [-0.2, -0.15) is 0 Å². The number of carbonyl (C=O) groups excluding carboxylic acids is 1. The van der Waals surface area contributed by atoms with Crippen LogP contribution >= 0.6 is 11.8 Å². The number of fused-ring (bicyclic) bond motifs is 1. The lowest BCUT2D eigenvalue weighted by Crippen LogP contribution is -2.39. The van der Waals surface area contributed by atoms with Crippen molar-refractivity contribution in [2.24, 2.45) is 0 Å². The summed E-state index contributed by atoms with van der Waals surface area (Å²) < 4.78 is 11.7. The van der Waals surface area contributed by atoms with Gasteiger partial charge in [0.15, 0.2) is 0 Å². The summed E-state index contributed by atoms with van der Waals surface area (Å²) in [6.45, 7) is 2.84. The molecule has 1 fully saturated rings. The number of ether oxygens (including phenoxy) is 2. The van der Waals surface area contributed by atoms with E-state index in [0.717, 1.165) is 31.6 Å². The van der Waals surface area contributed by atoms with Gasteiger partial charge in [0.05, 0.1) is 18.3 Å². The van der Waals surface area contributed by atoms with Gasteiger partial charge in [-0.1, -0.05) is 23.9 Å². The molecule has 0 spiro atoms. The van der Waals surface area contributed by atoms with Crippen LogP contribution in [0.15, 0.2) is 52.3 Å². The SMILES string of the molecule is CO[C@]1(c2cccc(Sc3ccc4c(c3)CCC(=O)N4C)c2)CCO[C@@H](C)C1. The maximum atomic E-state index is 11.9. The molecule has 0 radical (unpaired) electrons. The summed E-state index contributed by atoms with van der Waals surface area (Å²) >= 11 is 1.76. The van der Waals surface area contributed by atoms with Gasteiger partial charge in [-0.25, -0.2) is 0 Å². The largest absolute Gasteiger partial charge is 0.378 e. The molecule has 2 aromatic rings. The third kappa shape index (κ3) is 3.71. The Morgan fingerprint density at radius 1 is 1.18 bits per heavy atom. The molecule has 0 N–H and O–H groups in total. The standard InChI is InChI=1S/C23H27NO3S/c1-16-15-23(26-3,11-12-27-16)18-5-4-6-19(14-18)28-20-8-9-21-17(13-20)7-10-22(25)24(21)2/h4-6,8-9,13-14,16H,7,10-12,15H2,1-3H3/t16-,23+/m0/s1. The van der Waals surface area contributed by atoms with E-state index in [4.69, 9.17) is 9.47 Å². The van der Waals surface area contributed by atoms with E-state index in [-0.39, 0.29) is 17.6 Å². The summed E-state index contributed by atoms with van der Waals surface area (Å²) in [5, 5.41) is 0. The number of rotatable bonds is 4. The first kappa shape index (κ1) is 19.5. The van der Waals surface area contributed by atoms with Crippen molar-refractivity contribution in [1.29, 1.82) is 0 Å². The van der Waals surface area contributed by atoms with Crippen LogP contribution in [0.4, 0.5) is 5.69 Å². The molecule has 2 atom stereocenters. The fraction of sp³-hybridized carbons (Fsp3) is 0.435. The van der Waals surface area contributed by atoms with E-state index in [1.54, 1.807) is 23.8 Å². The first-order valence-electron chi connectivity index (χ1n) is 9.85. The lowest BCUT2D eigenvalue weighted by molar-refractivity contribution is -0.122. The quantitative estimate of drug-likeness (QED) is 0.744. The Morgan fingerprint density at radius 3 is 2.79 bits per heavy atom. The molecule has 1 amide bonds. The molecule has 1 saturated heterocycles. The summed E-state index contributed by atoms with van der Waals surface area (Å²) in [5.41, 5.74) is 3.23. The first-order valence-corrected chi connectivity index (χ1v) is 10.7. The van der Waals surface area contributed by atoms with Gasteiger partial charge in [-0.3, -0.25) is 4.79 Å². The average molecular weight is 398 g/mol. The van der Waals surface area contributed by atoms with Gasteiger partial charge in [-0.05, 0) is 54.8 Å². The molecule has 0 unspecified atom stereocenters. The third-order valence-electron chi connectivity index (χ3n) is 5.91. The highest BCUT2D eigenvalue weighted by molar-refractivity contribution is 7.99. The molecule has 148 valence electrons. The number of benzene rings is 2. The first-order chi connectivity index (χ1) is 13.5. The second-order valence-electron chi connectivity index (χ2n) is 7.71. The molecule has 2 aliphatic heterocycles. The molecule has 2 heterocycles. The number of carbonyl (C=O) groups is 1. The van der Waals surface area contributed by atoms with Crippen LogP contribution < -0.4 is 4.90 Å². The summed E-state index contributed by atoms with van der Waals surface area (Å²) in [5.74, 6) is 0.191. The van der Waals surface area contributed by atoms with E-state index >= 15 is 0 Å². The van der Waals surface area contributed by atoms with Crippen molar-refractivity contribution >= 4 is 23.4 Å². The Hall–Kier alpha value is -1.82. The third-order valence-corrected chi connectivity index (χ3v) is 6.89. The van der Waals surface area contributed by atoms with Crippen molar-refractivity contribution in [3.05, 3.63) is 53.6 Å². The van der Waals surface area contributed by atoms with Crippen LogP contribution in [-0.2, 0) is 26.3 Å². The molecule has 4 rings (SSSR count). The van der Waals surface area contributed by atoms with Crippen molar-refractivity contribution in [3.8, 4) is 0 Å². The number of methoxy groups -OCH3 is 1. The highest BCUT2D eigenvalue weighted by Crippen LogP contribution is 2.40. The molecule has 2 aliphatic rings. The van der Waals surface area contributed by atoms with Gasteiger partial charge < -0.3 is 14.4 Å². The number of hydrogen-bond acceptors (Lipinski definition) is 4. The Bertz CT molecular complexity index is 884. The number of anilines is 1. The van der Waals surface area contributed by atoms with E-state index in [2.05, 4.69) is 49.4 Å². The van der Waals surface area contributed by atoms with Crippen LogP contribution in [0.2, 0.25) is 0 Å². The van der Waals surface area contributed by atoms with E-state index in [1.165, 1.54) is 20.9 Å². The zero-order valence-corrected chi connectivity index (χ0v) is 17.6. The molecular formula is C23H27NO3S. The minimum atomic E-state index is -0.271. The molecule has 28 heavy (non-hydrogen) atoms. The van der Waals surface area contributed by atoms with Crippen LogP contribution in [0.5, 0.6) is 0 Å². The smallest absolute Gasteiger partial charge is 0.227 e. The summed E-state index contributed by atoms with van der Waals surface area (Å²) in [6, 6.07) is 15.1. The fourth-order valence-electron chi connectivity index (χ4n) is 4.29. The number of amides is 1. The highest BCUT2D eigenvalue weighted by atomic mass is 32.2. The fourth-order valence-corrected chi connectivity index (χ4v) is 5.23. The minimum Gasteiger partial charge on any atom is -0.378 e. The van der Waals surface area contributed by atoms with Crippen molar-refractivity contribution in [2.45, 2.75) is 54.1 Å². The summed E-state index contributed by atoms with van der Waals surface area (Å²) in [6.07, 6.45) is 3.35. The van der Waals surface area contributed by atoms with Gasteiger partial charge in [0, 0.05) is 48.9 Å². The zero-order valence-electron chi connectivity index (χ0n) is 16.7. The average Bonchev–Trinajstić information content (AvgIpc) is 2.71. The predicted molar refractivity (Wildman–Crippen MR) is 112 cm³/mol. The monoisotopic (exact) mass is 397 g/mol. The molecule has 2 aromatic carbocycles. The van der Waals surface area contributed by atoms with Crippen LogP contribution in [0.1, 0.15) is 37.3 Å². The Morgan fingerprint density at radius 2 is 2.00 bits per heavy atom. The van der Waals surface area contributed by atoms with Gasteiger partial charge in [0.1, 0.15) is 0 Å². The lowest BCUT2D eigenvalue weighted by Gasteiger charge is -2.39. The van der Waals surface area contributed by atoms with Gasteiger partial charge >= 0.3 is 0 Å². The van der Waals surface area contributed by atoms with E-state index < -0.39 is 0 Å². The molecule has 0 saturated carbocycles. The van der Waals surface area contributed by atoms with Crippen LogP contribution in [0.25, 0.3) is 0 Å². The second-order valence-corrected chi connectivity index (χ2v) is 8.85. The molecule has 0 aliphatic carbocycles. The van der Waals surface area contributed by atoms with Crippen LogP contribution in [-0.4, -0.2) is 32.8 Å². The van der Waals surface area contributed by atoms with Crippen molar-refractivity contribution in [2.75, 3.05) is 25.7 Å².